The molecule has 3 heterocycles. The summed E-state index contributed by atoms with van der Waals surface area (Å²) in [6, 6.07) is 14.7. The van der Waals surface area contributed by atoms with Crippen molar-refractivity contribution in [3.63, 3.8) is 0 Å². The molecule has 1 amide bonds. The third kappa shape index (κ3) is 4.65. The summed E-state index contributed by atoms with van der Waals surface area (Å²) in [6.45, 7) is 3.65. The first-order valence-corrected chi connectivity index (χ1v) is 13.4. The van der Waals surface area contributed by atoms with Crippen molar-refractivity contribution >= 4 is 21.6 Å². The van der Waals surface area contributed by atoms with E-state index in [-0.39, 0.29) is 11.8 Å². The number of nitrogens with one attached hydrogen (secondary N) is 1. The third-order valence-electron chi connectivity index (χ3n) is 6.84. The van der Waals surface area contributed by atoms with E-state index in [1.165, 1.54) is 17.1 Å². The first-order valence-electron chi connectivity index (χ1n) is 11.9. The molecule has 1 fully saturated rings. The lowest BCUT2D eigenvalue weighted by atomic mass is 9.97. The van der Waals surface area contributed by atoms with E-state index < -0.39 is 10.0 Å². The molecule has 2 aliphatic rings. The zero-order valence-electron chi connectivity index (χ0n) is 19.4. The Morgan fingerprint density at radius 1 is 0.971 bits per heavy atom. The van der Waals surface area contributed by atoms with Crippen LogP contribution in [0.2, 0.25) is 0 Å². The summed E-state index contributed by atoms with van der Waals surface area (Å²) in [6.07, 6.45) is 6.55. The molecule has 1 aromatic heterocycles. The molecule has 34 heavy (non-hydrogen) atoms. The van der Waals surface area contributed by atoms with Crippen LogP contribution in [0.25, 0.3) is 11.3 Å². The summed E-state index contributed by atoms with van der Waals surface area (Å²) in [4.78, 5) is 17.9. The fourth-order valence-electron chi connectivity index (χ4n) is 4.74. The van der Waals surface area contributed by atoms with Gasteiger partial charge in [-0.3, -0.25) is 4.79 Å². The van der Waals surface area contributed by atoms with E-state index >= 15 is 0 Å². The first-order chi connectivity index (χ1) is 16.4. The number of carbonyl (C=O) groups excluding carboxylic acids is 1. The fourth-order valence-corrected chi connectivity index (χ4v) is 6.21. The van der Waals surface area contributed by atoms with E-state index in [9.17, 15) is 13.2 Å². The summed E-state index contributed by atoms with van der Waals surface area (Å²) in [5, 5.41) is 3.00. The molecule has 2 aromatic carbocycles. The lowest BCUT2D eigenvalue weighted by Crippen LogP contribution is -2.41. The number of carbonyl (C=O) groups is 1. The summed E-state index contributed by atoms with van der Waals surface area (Å²) in [5.41, 5.74) is 3.77. The van der Waals surface area contributed by atoms with Crippen LogP contribution in [-0.2, 0) is 27.8 Å². The molecule has 1 N–H and O–H groups in total. The van der Waals surface area contributed by atoms with Crippen LogP contribution in [0.15, 0.2) is 59.6 Å². The van der Waals surface area contributed by atoms with Crippen LogP contribution in [0, 0.1) is 12.8 Å². The van der Waals surface area contributed by atoms with E-state index in [1.54, 1.807) is 24.3 Å². The van der Waals surface area contributed by atoms with Crippen molar-refractivity contribution in [1.82, 2.24) is 13.9 Å². The number of benzene rings is 2. The number of nitrogens with zero attached hydrogens (tertiary/aromatic N) is 3. The van der Waals surface area contributed by atoms with Crippen molar-refractivity contribution in [1.29, 1.82) is 0 Å². The Kier molecular flexibility index (Phi) is 6.27. The molecule has 0 aliphatic carbocycles. The smallest absolute Gasteiger partial charge is 0.243 e. The van der Waals surface area contributed by atoms with Crippen LogP contribution in [-0.4, -0.2) is 41.3 Å². The maximum Gasteiger partial charge on any atom is 0.243 e. The van der Waals surface area contributed by atoms with Crippen LogP contribution in [0.1, 0.15) is 37.1 Å². The van der Waals surface area contributed by atoms with Crippen LogP contribution in [0.4, 0.5) is 5.69 Å². The van der Waals surface area contributed by atoms with Crippen LogP contribution < -0.4 is 5.32 Å². The first kappa shape index (κ1) is 22.8. The molecule has 8 heteroatoms. The second kappa shape index (κ2) is 9.35. The molecular formula is C26H30N4O3S. The lowest BCUT2D eigenvalue weighted by molar-refractivity contribution is -0.120. The van der Waals surface area contributed by atoms with Crippen molar-refractivity contribution < 1.29 is 13.2 Å². The minimum Gasteiger partial charge on any atom is -0.334 e. The highest BCUT2D eigenvalue weighted by molar-refractivity contribution is 7.89. The second-order valence-electron chi connectivity index (χ2n) is 9.25. The maximum absolute atomic E-state index is 12.9. The van der Waals surface area contributed by atoms with Crippen LogP contribution in [0.3, 0.4) is 0 Å². The van der Waals surface area contributed by atoms with Crippen molar-refractivity contribution in [3.8, 4) is 11.3 Å². The van der Waals surface area contributed by atoms with Gasteiger partial charge in [0, 0.05) is 49.4 Å². The number of anilines is 1. The van der Waals surface area contributed by atoms with Gasteiger partial charge in [-0.05, 0) is 56.9 Å². The van der Waals surface area contributed by atoms with E-state index in [4.69, 9.17) is 4.98 Å². The molecule has 0 saturated carbocycles. The molecule has 0 atom stereocenters. The molecule has 0 bridgehead atoms. The average Bonchev–Trinajstić information content (AvgIpc) is 3.29. The summed E-state index contributed by atoms with van der Waals surface area (Å²) in [5.74, 6) is 0.885. The molecule has 0 radical (unpaired) electrons. The van der Waals surface area contributed by atoms with Gasteiger partial charge in [-0.25, -0.2) is 13.4 Å². The predicted molar refractivity (Wildman–Crippen MR) is 132 cm³/mol. The van der Waals surface area contributed by atoms with Gasteiger partial charge in [0.25, 0.3) is 0 Å². The highest BCUT2D eigenvalue weighted by Gasteiger charge is 2.32. The number of hydrogen-bond acceptors (Lipinski definition) is 4. The van der Waals surface area contributed by atoms with Crippen molar-refractivity contribution in [2.45, 2.75) is 50.5 Å². The number of aromatic nitrogens is 2. The Morgan fingerprint density at radius 2 is 1.68 bits per heavy atom. The maximum atomic E-state index is 12.9. The highest BCUT2D eigenvalue weighted by Crippen LogP contribution is 2.27. The van der Waals surface area contributed by atoms with E-state index in [0.29, 0.717) is 30.8 Å². The van der Waals surface area contributed by atoms with Crippen molar-refractivity contribution in [2.24, 2.45) is 5.92 Å². The monoisotopic (exact) mass is 478 g/mol. The minimum absolute atomic E-state index is 0.0578. The molecule has 1 saturated heterocycles. The molecule has 178 valence electrons. The third-order valence-corrected chi connectivity index (χ3v) is 8.75. The number of fused-ring (bicyclic) bond motifs is 1. The van der Waals surface area contributed by atoms with Gasteiger partial charge in [0.05, 0.1) is 10.6 Å². The van der Waals surface area contributed by atoms with Gasteiger partial charge in [0.1, 0.15) is 5.82 Å². The minimum atomic E-state index is -3.53. The molecule has 0 spiro atoms. The molecule has 2 aliphatic heterocycles. The Balaban J connectivity index is 1.18. The van der Waals surface area contributed by atoms with Gasteiger partial charge < -0.3 is 9.88 Å². The standard InChI is InChI=1S/C26H30N4O3S/c1-19-5-11-23(12-6-19)34(32,33)30-16-13-21(14-17-30)26(31)27-22-9-7-20(8-10-22)24-18-29-15-3-2-4-25(29)28-24/h5-12,18,21H,2-4,13-17H2,1H3,(H,27,31). The zero-order chi connectivity index (χ0) is 23.7. The Labute approximate surface area is 200 Å². The normalized spacial score (nSPS) is 17.3. The number of aryl methyl sites for hydroxylation is 3. The summed E-state index contributed by atoms with van der Waals surface area (Å²) < 4.78 is 29.5. The summed E-state index contributed by atoms with van der Waals surface area (Å²) in [7, 11) is -3.53. The van der Waals surface area contributed by atoms with Gasteiger partial charge >= 0.3 is 0 Å². The highest BCUT2D eigenvalue weighted by atomic mass is 32.2. The number of hydrogen-bond donors (Lipinski definition) is 1. The van der Waals surface area contributed by atoms with Gasteiger partial charge in [0.15, 0.2) is 0 Å². The van der Waals surface area contributed by atoms with Crippen LogP contribution >= 0.6 is 0 Å². The zero-order valence-corrected chi connectivity index (χ0v) is 20.2. The quantitative estimate of drug-likeness (QED) is 0.595. The molecular weight excluding hydrogens is 448 g/mol. The molecule has 3 aromatic rings. The van der Waals surface area contributed by atoms with Gasteiger partial charge in [-0.2, -0.15) is 4.31 Å². The number of rotatable bonds is 5. The summed E-state index contributed by atoms with van der Waals surface area (Å²) >= 11 is 0. The fraction of sp³-hybridized carbons (Fsp3) is 0.385. The van der Waals surface area contributed by atoms with Gasteiger partial charge in [0.2, 0.25) is 15.9 Å². The molecule has 5 rings (SSSR count). The SMILES string of the molecule is Cc1ccc(S(=O)(=O)N2CCC(C(=O)Nc3ccc(-c4cn5c(n4)CCCC5)cc3)CC2)cc1. The average molecular weight is 479 g/mol. The Hall–Kier alpha value is -2.97. The van der Waals surface area contributed by atoms with Crippen molar-refractivity contribution in [3.05, 3.63) is 66.1 Å². The van der Waals surface area contributed by atoms with Crippen LogP contribution in [0.5, 0.6) is 0 Å². The van der Waals surface area contributed by atoms with Crippen molar-refractivity contribution in [2.75, 3.05) is 18.4 Å². The number of sulfonamides is 1. The predicted octanol–water partition coefficient (Wildman–Crippen LogP) is 4.23. The Bertz CT molecular complexity index is 1250. The number of imidazole rings is 1. The largest absolute Gasteiger partial charge is 0.334 e. The molecule has 7 nitrogen and oxygen atoms in total. The second-order valence-corrected chi connectivity index (χ2v) is 11.2. The number of piperidine rings is 1. The topological polar surface area (TPSA) is 84.3 Å². The van der Waals surface area contributed by atoms with Gasteiger partial charge in [-0.1, -0.05) is 29.8 Å². The van der Waals surface area contributed by atoms with E-state index in [2.05, 4.69) is 16.1 Å². The van der Waals surface area contributed by atoms with E-state index in [1.807, 2.05) is 31.2 Å². The lowest BCUT2D eigenvalue weighted by Gasteiger charge is -2.30. The molecule has 0 unspecified atom stereocenters. The Morgan fingerprint density at radius 3 is 2.35 bits per heavy atom. The van der Waals surface area contributed by atoms with E-state index in [0.717, 1.165) is 41.3 Å². The number of amides is 1. The van der Waals surface area contributed by atoms with Gasteiger partial charge in [-0.15, -0.1) is 0 Å².